The van der Waals surface area contributed by atoms with Gasteiger partial charge < -0.3 is 14.8 Å². The molecule has 1 aromatic carbocycles. The van der Waals surface area contributed by atoms with E-state index in [4.69, 9.17) is 9.47 Å². The normalized spacial score (nSPS) is 10.7. The molecule has 0 aromatic heterocycles. The number of nitro groups is 1. The zero-order valence-electron chi connectivity index (χ0n) is 11.9. The minimum atomic E-state index is -0.467. The van der Waals surface area contributed by atoms with Gasteiger partial charge in [0.2, 0.25) is 5.75 Å². The van der Waals surface area contributed by atoms with Crippen molar-refractivity contribution in [2.45, 2.75) is 39.9 Å². The van der Waals surface area contributed by atoms with Gasteiger partial charge in [0, 0.05) is 24.9 Å². The standard InChI is InChI=1S/C13H20N2O4/c1-8(2)18-12-7-10(14-5)6-11(15(16)17)13(12)19-9(3)4/h6-9,14H,1-5H3. The minimum absolute atomic E-state index is 0.0961. The van der Waals surface area contributed by atoms with Crippen molar-refractivity contribution >= 4 is 11.4 Å². The molecule has 1 N–H and O–H groups in total. The lowest BCUT2D eigenvalue weighted by Crippen LogP contribution is -2.12. The van der Waals surface area contributed by atoms with Crippen LogP contribution in [0.2, 0.25) is 0 Å². The Morgan fingerprint density at radius 3 is 2.16 bits per heavy atom. The number of anilines is 1. The summed E-state index contributed by atoms with van der Waals surface area (Å²) in [5, 5.41) is 14.0. The van der Waals surface area contributed by atoms with Crippen molar-refractivity contribution in [2.75, 3.05) is 12.4 Å². The van der Waals surface area contributed by atoms with Crippen molar-refractivity contribution in [1.29, 1.82) is 0 Å². The first-order chi connectivity index (χ1) is 8.85. The van der Waals surface area contributed by atoms with Crippen molar-refractivity contribution in [1.82, 2.24) is 0 Å². The van der Waals surface area contributed by atoms with Crippen molar-refractivity contribution in [3.05, 3.63) is 22.2 Å². The first-order valence-electron chi connectivity index (χ1n) is 6.18. The van der Waals surface area contributed by atoms with Crippen LogP contribution in [-0.4, -0.2) is 24.2 Å². The second kappa shape index (κ2) is 6.26. The van der Waals surface area contributed by atoms with E-state index in [0.717, 1.165) is 0 Å². The highest BCUT2D eigenvalue weighted by Crippen LogP contribution is 2.41. The highest BCUT2D eigenvalue weighted by Gasteiger charge is 2.24. The fraction of sp³-hybridized carbons (Fsp3) is 0.538. The fourth-order valence-electron chi connectivity index (χ4n) is 1.56. The lowest BCUT2D eigenvalue weighted by molar-refractivity contribution is -0.386. The highest BCUT2D eigenvalue weighted by atomic mass is 16.6. The van der Waals surface area contributed by atoms with Crippen LogP contribution in [-0.2, 0) is 0 Å². The number of nitrogens with zero attached hydrogens (tertiary/aromatic N) is 1. The molecule has 0 unspecified atom stereocenters. The summed E-state index contributed by atoms with van der Waals surface area (Å²) in [4.78, 5) is 10.7. The smallest absolute Gasteiger partial charge is 0.316 e. The van der Waals surface area contributed by atoms with Gasteiger partial charge in [-0.05, 0) is 27.7 Å². The Hall–Kier alpha value is -1.98. The molecular weight excluding hydrogens is 248 g/mol. The Labute approximate surface area is 112 Å². The third kappa shape index (κ3) is 4.01. The first-order valence-corrected chi connectivity index (χ1v) is 6.18. The lowest BCUT2D eigenvalue weighted by atomic mass is 10.2. The van der Waals surface area contributed by atoms with Gasteiger partial charge in [-0.25, -0.2) is 0 Å². The average Bonchev–Trinajstić information content (AvgIpc) is 2.29. The zero-order chi connectivity index (χ0) is 14.6. The lowest BCUT2D eigenvalue weighted by Gasteiger charge is -2.18. The van der Waals surface area contributed by atoms with Crippen LogP contribution >= 0.6 is 0 Å². The topological polar surface area (TPSA) is 73.6 Å². The predicted octanol–water partition coefficient (Wildman–Crippen LogP) is 3.21. The molecular formula is C13H20N2O4. The van der Waals surface area contributed by atoms with Gasteiger partial charge in [-0.3, -0.25) is 10.1 Å². The summed E-state index contributed by atoms with van der Waals surface area (Å²) >= 11 is 0. The van der Waals surface area contributed by atoms with Crippen LogP contribution in [0.3, 0.4) is 0 Å². The molecule has 0 aliphatic rings. The molecule has 6 heteroatoms. The summed E-state index contributed by atoms with van der Waals surface area (Å²) < 4.78 is 11.2. The van der Waals surface area contributed by atoms with Crippen molar-refractivity contribution in [2.24, 2.45) is 0 Å². The van der Waals surface area contributed by atoms with E-state index in [1.807, 2.05) is 27.7 Å². The molecule has 0 saturated carbocycles. The van der Waals surface area contributed by atoms with Crippen LogP contribution in [0.1, 0.15) is 27.7 Å². The number of ether oxygens (including phenoxy) is 2. The van der Waals surface area contributed by atoms with Gasteiger partial charge in [-0.1, -0.05) is 0 Å². The Morgan fingerprint density at radius 2 is 1.74 bits per heavy atom. The maximum Gasteiger partial charge on any atom is 0.316 e. The predicted molar refractivity (Wildman–Crippen MR) is 74.2 cm³/mol. The molecule has 0 spiro atoms. The molecule has 0 fully saturated rings. The van der Waals surface area contributed by atoms with E-state index >= 15 is 0 Å². The third-order valence-electron chi connectivity index (χ3n) is 2.24. The van der Waals surface area contributed by atoms with Crippen LogP contribution in [0.25, 0.3) is 0 Å². The summed E-state index contributed by atoms with van der Waals surface area (Å²) in [6, 6.07) is 3.13. The molecule has 1 aromatic rings. The van der Waals surface area contributed by atoms with Crippen LogP contribution in [0, 0.1) is 10.1 Å². The van der Waals surface area contributed by atoms with E-state index < -0.39 is 4.92 Å². The van der Waals surface area contributed by atoms with Crippen LogP contribution in [0.5, 0.6) is 11.5 Å². The number of hydrogen-bond donors (Lipinski definition) is 1. The van der Waals surface area contributed by atoms with Gasteiger partial charge in [-0.2, -0.15) is 0 Å². The molecule has 0 radical (unpaired) electrons. The van der Waals surface area contributed by atoms with E-state index in [1.54, 1.807) is 13.1 Å². The van der Waals surface area contributed by atoms with Crippen molar-refractivity contribution in [3.63, 3.8) is 0 Å². The third-order valence-corrected chi connectivity index (χ3v) is 2.24. The van der Waals surface area contributed by atoms with Crippen molar-refractivity contribution in [3.8, 4) is 11.5 Å². The second-order valence-corrected chi connectivity index (χ2v) is 4.66. The monoisotopic (exact) mass is 268 g/mol. The number of benzene rings is 1. The quantitative estimate of drug-likeness (QED) is 0.633. The largest absolute Gasteiger partial charge is 0.487 e. The minimum Gasteiger partial charge on any atom is -0.487 e. The summed E-state index contributed by atoms with van der Waals surface area (Å²) in [7, 11) is 1.70. The Balaban J connectivity index is 3.37. The molecule has 0 amide bonds. The number of rotatable bonds is 6. The van der Waals surface area contributed by atoms with Gasteiger partial charge >= 0.3 is 5.69 Å². The molecule has 6 nitrogen and oxygen atoms in total. The average molecular weight is 268 g/mol. The Kier molecular flexibility index (Phi) is 4.97. The van der Waals surface area contributed by atoms with E-state index in [-0.39, 0.29) is 23.6 Å². The van der Waals surface area contributed by atoms with Crippen molar-refractivity contribution < 1.29 is 14.4 Å². The van der Waals surface area contributed by atoms with Crippen LogP contribution in [0.4, 0.5) is 11.4 Å². The molecule has 106 valence electrons. The molecule has 0 aliphatic carbocycles. The maximum absolute atomic E-state index is 11.2. The molecule has 0 bridgehead atoms. The molecule has 1 rings (SSSR count). The fourth-order valence-corrected chi connectivity index (χ4v) is 1.56. The highest BCUT2D eigenvalue weighted by molar-refractivity contribution is 5.65. The van der Waals surface area contributed by atoms with E-state index in [0.29, 0.717) is 11.4 Å². The maximum atomic E-state index is 11.2. The zero-order valence-corrected chi connectivity index (χ0v) is 11.9. The van der Waals surface area contributed by atoms with E-state index in [2.05, 4.69) is 5.32 Å². The van der Waals surface area contributed by atoms with Gasteiger partial charge in [0.1, 0.15) is 0 Å². The number of nitrogens with one attached hydrogen (secondary N) is 1. The molecule has 19 heavy (non-hydrogen) atoms. The summed E-state index contributed by atoms with van der Waals surface area (Å²) in [6.07, 6.45) is -0.269. The number of nitro benzene ring substituents is 1. The summed E-state index contributed by atoms with van der Waals surface area (Å²) in [6.45, 7) is 7.35. The van der Waals surface area contributed by atoms with Gasteiger partial charge in [-0.15, -0.1) is 0 Å². The summed E-state index contributed by atoms with van der Waals surface area (Å²) in [5.41, 5.74) is 0.509. The Bertz CT molecular complexity index is 458. The molecule has 0 aliphatic heterocycles. The van der Waals surface area contributed by atoms with Crippen LogP contribution < -0.4 is 14.8 Å². The molecule has 0 saturated heterocycles. The van der Waals surface area contributed by atoms with Gasteiger partial charge in [0.15, 0.2) is 5.75 Å². The van der Waals surface area contributed by atoms with E-state index in [9.17, 15) is 10.1 Å². The van der Waals surface area contributed by atoms with Crippen LogP contribution in [0.15, 0.2) is 12.1 Å². The second-order valence-electron chi connectivity index (χ2n) is 4.66. The van der Waals surface area contributed by atoms with E-state index in [1.165, 1.54) is 6.07 Å². The SMILES string of the molecule is CNc1cc(OC(C)C)c(OC(C)C)c([N+](=O)[O-])c1. The van der Waals surface area contributed by atoms with Gasteiger partial charge in [0.25, 0.3) is 0 Å². The van der Waals surface area contributed by atoms with Gasteiger partial charge in [0.05, 0.1) is 17.1 Å². The Morgan fingerprint density at radius 1 is 1.16 bits per heavy atom. The molecule has 0 atom stereocenters. The first kappa shape index (κ1) is 15.1. The summed E-state index contributed by atoms with van der Waals surface area (Å²) in [5.74, 6) is 0.551. The number of hydrogen-bond acceptors (Lipinski definition) is 5. The molecule has 0 heterocycles.